The van der Waals surface area contributed by atoms with Crippen molar-refractivity contribution in [2.75, 3.05) is 10.6 Å². The number of carbonyl (C=O) groups is 3. The molecule has 0 aliphatic carbocycles. The van der Waals surface area contributed by atoms with E-state index < -0.39 is 11.8 Å². The van der Waals surface area contributed by atoms with Crippen LogP contribution in [0.25, 0.3) is 0 Å². The molecule has 0 saturated heterocycles. The van der Waals surface area contributed by atoms with Gasteiger partial charge < -0.3 is 10.6 Å². The number of rotatable bonds is 6. The van der Waals surface area contributed by atoms with Crippen LogP contribution in [0.4, 0.5) is 11.4 Å². The minimum absolute atomic E-state index is 0.0187. The molecule has 3 aromatic carbocycles. The standard InChI is InChI=1S/C26H22ClN3O3/c1-16-8-9-17(2)21(14-16)29-24(31)19-10-12-20(13-11-19)28-23-22(27)25(32)30(26(23)33)15-18-6-4-3-5-7-18/h3-14,28H,15H2,1-2H3,(H,29,31). The van der Waals surface area contributed by atoms with Crippen molar-refractivity contribution in [3.63, 3.8) is 0 Å². The Bertz CT molecular complexity index is 1270. The first kappa shape index (κ1) is 22.3. The molecule has 3 amide bonds. The van der Waals surface area contributed by atoms with Crippen molar-refractivity contribution in [1.29, 1.82) is 0 Å². The predicted molar refractivity (Wildman–Crippen MR) is 129 cm³/mol. The van der Waals surface area contributed by atoms with Gasteiger partial charge in [-0.2, -0.15) is 0 Å². The van der Waals surface area contributed by atoms with E-state index in [2.05, 4.69) is 10.6 Å². The summed E-state index contributed by atoms with van der Waals surface area (Å²) < 4.78 is 0. The summed E-state index contributed by atoms with van der Waals surface area (Å²) in [7, 11) is 0. The Morgan fingerprint density at radius 2 is 1.61 bits per heavy atom. The molecule has 0 saturated carbocycles. The highest BCUT2D eigenvalue weighted by molar-refractivity contribution is 6.48. The molecule has 0 unspecified atom stereocenters. The molecule has 0 bridgehead atoms. The Labute approximate surface area is 196 Å². The molecule has 2 N–H and O–H groups in total. The number of amides is 3. The van der Waals surface area contributed by atoms with E-state index in [1.807, 2.05) is 62.4 Å². The minimum Gasteiger partial charge on any atom is -0.350 e. The first-order chi connectivity index (χ1) is 15.8. The summed E-state index contributed by atoms with van der Waals surface area (Å²) in [5.74, 6) is -1.28. The highest BCUT2D eigenvalue weighted by Crippen LogP contribution is 2.27. The maximum atomic E-state index is 12.8. The average Bonchev–Trinajstić information content (AvgIpc) is 3.01. The lowest BCUT2D eigenvalue weighted by molar-refractivity contribution is -0.138. The van der Waals surface area contributed by atoms with Crippen molar-refractivity contribution in [2.24, 2.45) is 0 Å². The van der Waals surface area contributed by atoms with Gasteiger partial charge in [0.05, 0.1) is 6.54 Å². The predicted octanol–water partition coefficient (Wildman–Crippen LogP) is 4.99. The van der Waals surface area contributed by atoms with Crippen LogP contribution in [0, 0.1) is 13.8 Å². The number of anilines is 2. The monoisotopic (exact) mass is 459 g/mol. The number of hydrogen-bond donors (Lipinski definition) is 2. The van der Waals surface area contributed by atoms with Gasteiger partial charge in [0.15, 0.2) is 0 Å². The second-order valence-electron chi connectivity index (χ2n) is 7.85. The molecule has 1 heterocycles. The van der Waals surface area contributed by atoms with Gasteiger partial charge in [0.25, 0.3) is 17.7 Å². The number of nitrogens with one attached hydrogen (secondary N) is 2. The lowest BCUT2D eigenvalue weighted by atomic mass is 10.1. The topological polar surface area (TPSA) is 78.5 Å². The number of nitrogens with zero attached hydrogens (tertiary/aromatic N) is 1. The molecule has 166 valence electrons. The van der Waals surface area contributed by atoms with E-state index >= 15 is 0 Å². The maximum absolute atomic E-state index is 12.8. The van der Waals surface area contributed by atoms with E-state index in [9.17, 15) is 14.4 Å². The molecule has 0 radical (unpaired) electrons. The molecule has 7 heteroatoms. The Hall–Kier alpha value is -3.90. The molecule has 0 atom stereocenters. The number of benzene rings is 3. The number of carbonyl (C=O) groups excluding carboxylic acids is 3. The summed E-state index contributed by atoms with van der Waals surface area (Å²) >= 11 is 6.17. The van der Waals surface area contributed by atoms with Gasteiger partial charge >= 0.3 is 0 Å². The van der Waals surface area contributed by atoms with Crippen LogP contribution in [-0.4, -0.2) is 22.6 Å². The summed E-state index contributed by atoms with van der Waals surface area (Å²) in [4.78, 5) is 39.1. The maximum Gasteiger partial charge on any atom is 0.279 e. The zero-order valence-electron chi connectivity index (χ0n) is 18.2. The number of imide groups is 1. The van der Waals surface area contributed by atoms with Crippen molar-refractivity contribution in [3.8, 4) is 0 Å². The van der Waals surface area contributed by atoms with E-state index in [4.69, 9.17) is 11.6 Å². The van der Waals surface area contributed by atoms with Gasteiger partial charge in [-0.3, -0.25) is 19.3 Å². The van der Waals surface area contributed by atoms with Crippen LogP contribution in [0.1, 0.15) is 27.0 Å². The van der Waals surface area contributed by atoms with Crippen molar-refractivity contribution >= 4 is 40.7 Å². The highest BCUT2D eigenvalue weighted by Gasteiger charge is 2.37. The van der Waals surface area contributed by atoms with Crippen LogP contribution in [0.15, 0.2) is 83.5 Å². The Morgan fingerprint density at radius 1 is 0.909 bits per heavy atom. The Morgan fingerprint density at radius 3 is 2.30 bits per heavy atom. The quantitative estimate of drug-likeness (QED) is 0.509. The molecule has 0 spiro atoms. The molecule has 33 heavy (non-hydrogen) atoms. The third-order valence-corrected chi connectivity index (χ3v) is 5.70. The molecular formula is C26H22ClN3O3. The van der Waals surface area contributed by atoms with E-state index in [1.165, 1.54) is 0 Å². The van der Waals surface area contributed by atoms with E-state index in [0.29, 0.717) is 11.3 Å². The normalized spacial score (nSPS) is 13.5. The fourth-order valence-corrected chi connectivity index (χ4v) is 3.71. The van der Waals surface area contributed by atoms with Crippen LogP contribution in [0.5, 0.6) is 0 Å². The van der Waals surface area contributed by atoms with Crippen LogP contribution >= 0.6 is 11.6 Å². The van der Waals surface area contributed by atoms with Crippen molar-refractivity contribution in [3.05, 3.63) is 106 Å². The largest absolute Gasteiger partial charge is 0.350 e. The lowest BCUT2D eigenvalue weighted by Gasteiger charge is -2.15. The molecule has 4 rings (SSSR count). The summed E-state index contributed by atoms with van der Waals surface area (Å²) in [5, 5.41) is 5.68. The number of halogens is 1. The van der Waals surface area contributed by atoms with Crippen LogP contribution in [-0.2, 0) is 16.1 Å². The van der Waals surface area contributed by atoms with Crippen LogP contribution in [0.3, 0.4) is 0 Å². The van der Waals surface area contributed by atoms with Gasteiger partial charge in [-0.1, -0.05) is 54.1 Å². The van der Waals surface area contributed by atoms with Crippen LogP contribution in [0.2, 0.25) is 0 Å². The van der Waals surface area contributed by atoms with Gasteiger partial charge in [-0.15, -0.1) is 0 Å². The van der Waals surface area contributed by atoms with Crippen molar-refractivity contribution in [2.45, 2.75) is 20.4 Å². The molecule has 1 aliphatic rings. The molecular weight excluding hydrogens is 438 g/mol. The zero-order chi connectivity index (χ0) is 23.5. The summed E-state index contributed by atoms with van der Waals surface area (Å²) in [6.07, 6.45) is 0. The Balaban J connectivity index is 1.45. The van der Waals surface area contributed by atoms with Crippen molar-refractivity contribution < 1.29 is 14.4 Å². The number of hydrogen-bond acceptors (Lipinski definition) is 4. The molecule has 6 nitrogen and oxygen atoms in total. The van der Waals surface area contributed by atoms with Crippen LogP contribution < -0.4 is 10.6 Å². The van der Waals surface area contributed by atoms with Gasteiger partial charge in [0.2, 0.25) is 0 Å². The second kappa shape index (κ2) is 9.30. The van der Waals surface area contributed by atoms with Gasteiger partial charge in [0.1, 0.15) is 10.7 Å². The molecule has 3 aromatic rings. The van der Waals surface area contributed by atoms with Crippen molar-refractivity contribution in [1.82, 2.24) is 4.90 Å². The summed E-state index contributed by atoms with van der Waals surface area (Å²) in [6, 6.07) is 21.7. The minimum atomic E-state index is -0.544. The smallest absolute Gasteiger partial charge is 0.279 e. The second-order valence-corrected chi connectivity index (χ2v) is 8.22. The Kier molecular flexibility index (Phi) is 6.29. The molecule has 1 aliphatic heterocycles. The fourth-order valence-electron chi connectivity index (χ4n) is 3.48. The van der Waals surface area contributed by atoms with E-state index in [1.54, 1.807) is 24.3 Å². The lowest BCUT2D eigenvalue weighted by Crippen LogP contribution is -2.31. The zero-order valence-corrected chi connectivity index (χ0v) is 18.9. The SMILES string of the molecule is Cc1ccc(C)c(NC(=O)c2ccc(NC3=C(Cl)C(=O)N(Cc4ccccc4)C3=O)cc2)c1. The summed E-state index contributed by atoms with van der Waals surface area (Å²) in [6.45, 7) is 4.03. The average molecular weight is 460 g/mol. The number of aryl methyl sites for hydroxylation is 2. The first-order valence-corrected chi connectivity index (χ1v) is 10.8. The summed E-state index contributed by atoms with van der Waals surface area (Å²) in [5.41, 5.74) is 4.62. The molecule has 0 fully saturated rings. The van der Waals surface area contributed by atoms with E-state index in [0.717, 1.165) is 27.3 Å². The van der Waals surface area contributed by atoms with E-state index in [-0.39, 0.29) is 23.2 Å². The third-order valence-electron chi connectivity index (χ3n) is 5.35. The van der Waals surface area contributed by atoms with Gasteiger partial charge in [-0.05, 0) is 60.9 Å². The third kappa shape index (κ3) is 4.81. The molecule has 0 aromatic heterocycles. The highest BCUT2D eigenvalue weighted by atomic mass is 35.5. The fraction of sp³-hybridized carbons (Fsp3) is 0.115. The first-order valence-electron chi connectivity index (χ1n) is 10.4. The van der Waals surface area contributed by atoms with Gasteiger partial charge in [-0.25, -0.2) is 0 Å². The van der Waals surface area contributed by atoms with Gasteiger partial charge in [0, 0.05) is 16.9 Å².